The Balaban J connectivity index is -0.0000000194. The van der Waals surface area contributed by atoms with Crippen LogP contribution in [-0.4, -0.2) is 6.18 Å². The summed E-state index contributed by atoms with van der Waals surface area (Å²) in [6, 6.07) is 0. The standard InChI is InChI=1S/C3HF3.4CO.Fe/c1-2-3(4,5)6;4*1-2;/h1H;;;;;. The van der Waals surface area contributed by atoms with Crippen LogP contribution in [0.4, 0.5) is 13.2 Å². The third-order valence-corrected chi connectivity index (χ3v) is 0.164. The topological polar surface area (TPSA) is 79.6 Å². The molecule has 0 spiro atoms. The van der Waals surface area contributed by atoms with Crippen molar-refractivity contribution >= 4 is 0 Å². The fraction of sp³-hybridized carbons (Fsp3) is 0.143. The van der Waals surface area contributed by atoms with E-state index in [1.54, 1.807) is 0 Å². The summed E-state index contributed by atoms with van der Waals surface area (Å²) in [6.07, 6.45) is -0.500. The van der Waals surface area contributed by atoms with Gasteiger partial charge in [-0.3, -0.25) is 0 Å². The van der Waals surface area contributed by atoms with Crippen molar-refractivity contribution in [3.8, 4) is 12.3 Å². The molecule has 0 bridgehead atoms. The zero-order valence-corrected chi connectivity index (χ0v) is 7.80. The van der Waals surface area contributed by atoms with E-state index in [0.717, 1.165) is 0 Å². The molecule has 0 unspecified atom stereocenters. The van der Waals surface area contributed by atoms with E-state index in [1.165, 1.54) is 0 Å². The Morgan fingerprint density at radius 3 is 0.867 bits per heavy atom. The van der Waals surface area contributed by atoms with Crippen LogP contribution in [0.5, 0.6) is 0 Å². The second-order valence-corrected chi connectivity index (χ2v) is 0.642. The minimum Gasteiger partial charge on any atom is 0 e. The maximum absolute atomic E-state index is 10.5. The maximum atomic E-state index is 10.5. The molecule has 8 heteroatoms. The van der Waals surface area contributed by atoms with Gasteiger partial charge in [-0.25, -0.2) is 0 Å². The van der Waals surface area contributed by atoms with Crippen LogP contribution in [0.3, 0.4) is 0 Å². The predicted octanol–water partition coefficient (Wildman–Crippen LogP) is 1.03. The van der Waals surface area contributed by atoms with Gasteiger partial charge >= 0.3 is 51.4 Å². The Kier molecular flexibility index (Phi) is 131. The van der Waals surface area contributed by atoms with Gasteiger partial charge in [0.15, 0.2) is 0 Å². The van der Waals surface area contributed by atoms with Gasteiger partial charge in [-0.15, -0.1) is 6.42 Å². The maximum Gasteiger partial charge on any atom is 0 e. The van der Waals surface area contributed by atoms with E-state index in [4.69, 9.17) is 18.6 Å². The molecular weight excluding hydrogens is 261 g/mol. The van der Waals surface area contributed by atoms with Crippen molar-refractivity contribution in [3.05, 3.63) is 26.6 Å². The number of halogens is 3. The van der Waals surface area contributed by atoms with Gasteiger partial charge < -0.3 is 0 Å². The molecule has 0 fully saturated rings. The summed E-state index contributed by atoms with van der Waals surface area (Å²) in [7, 11) is 0. The Morgan fingerprint density at radius 1 is 0.800 bits per heavy atom. The van der Waals surface area contributed by atoms with Gasteiger partial charge in [0.25, 0.3) is 0 Å². The van der Waals surface area contributed by atoms with Gasteiger partial charge in [-0.2, -0.15) is 13.2 Å². The molecule has 0 atom stereocenters. The average Bonchev–Trinajstić information content (AvgIpc) is 2.28. The van der Waals surface area contributed by atoms with Crippen molar-refractivity contribution in [1.82, 2.24) is 0 Å². The number of hydrogen-bond donors (Lipinski definition) is 0. The molecule has 0 saturated heterocycles. The molecule has 82 valence electrons. The molecule has 15 heavy (non-hydrogen) atoms. The molecule has 0 radical (unpaired) electrons. The van der Waals surface area contributed by atoms with Crippen molar-refractivity contribution in [2.75, 3.05) is 0 Å². The molecule has 0 aromatic carbocycles. The molecule has 0 aromatic heterocycles. The molecule has 0 aromatic rings. The van der Waals surface area contributed by atoms with Crippen LogP contribution < -0.4 is 0 Å². The summed E-state index contributed by atoms with van der Waals surface area (Å²) in [5.74, 6) is 0.604. The van der Waals surface area contributed by atoms with Crippen LogP contribution in [0.1, 0.15) is 0 Å². The zero-order chi connectivity index (χ0) is 13.2. The quantitative estimate of drug-likeness (QED) is 0.270. The summed E-state index contributed by atoms with van der Waals surface area (Å²) >= 11 is 0. The first-order chi connectivity index (χ1) is 6.56. The van der Waals surface area contributed by atoms with Crippen LogP contribution in [-0.2, 0) is 35.7 Å². The van der Waals surface area contributed by atoms with Gasteiger partial charge in [0.1, 0.15) is 0 Å². The zero-order valence-electron chi connectivity index (χ0n) is 6.70. The third-order valence-electron chi connectivity index (χ3n) is 0.164. The van der Waals surface area contributed by atoms with Gasteiger partial charge in [-0.1, -0.05) is 0 Å². The van der Waals surface area contributed by atoms with Crippen molar-refractivity contribution in [3.63, 3.8) is 0 Å². The monoisotopic (exact) mass is 262 g/mol. The second kappa shape index (κ2) is 52.8. The van der Waals surface area contributed by atoms with E-state index in [1.807, 2.05) is 0 Å². The molecule has 0 heterocycles. The number of rotatable bonds is 0. The summed E-state index contributed by atoms with van der Waals surface area (Å²) in [5.41, 5.74) is 0. The van der Waals surface area contributed by atoms with E-state index in [0.29, 0.717) is 5.92 Å². The Hall–Kier alpha value is -1.17. The van der Waals surface area contributed by atoms with E-state index in [-0.39, 0.29) is 17.1 Å². The Bertz CT molecular complexity index is 184. The van der Waals surface area contributed by atoms with E-state index in [9.17, 15) is 13.2 Å². The smallest absolute Gasteiger partial charge is 0 e. The van der Waals surface area contributed by atoms with Crippen molar-refractivity contribution in [1.29, 1.82) is 0 Å². The molecule has 0 aliphatic carbocycles. The SMILES string of the molecule is C#CC(F)(F)F.[C-]#[O+].[C-]#[O+].[C-]#[O+].[C-]#[O+].[Fe]. The van der Waals surface area contributed by atoms with Gasteiger partial charge in [-0.05, 0) is 0 Å². The number of terminal acetylenes is 1. The molecule has 0 saturated carbocycles. The van der Waals surface area contributed by atoms with E-state index < -0.39 is 6.18 Å². The van der Waals surface area contributed by atoms with Crippen molar-refractivity contribution in [2.45, 2.75) is 6.18 Å². The van der Waals surface area contributed by atoms with Gasteiger partial charge in [0, 0.05) is 23.0 Å². The summed E-state index contributed by atoms with van der Waals surface area (Å²) < 4.78 is 61.6. The van der Waals surface area contributed by atoms with Crippen LogP contribution >= 0.6 is 0 Å². The van der Waals surface area contributed by atoms with Crippen LogP contribution in [0.25, 0.3) is 0 Å². The predicted molar refractivity (Wildman–Crippen MR) is 30.6 cm³/mol. The average molecular weight is 262 g/mol. The van der Waals surface area contributed by atoms with Crippen molar-refractivity contribution in [2.24, 2.45) is 0 Å². The first-order valence-corrected chi connectivity index (χ1v) is 1.92. The third kappa shape index (κ3) is 450. The summed E-state index contributed by atoms with van der Waals surface area (Å²) in [6.45, 7) is 18.0. The van der Waals surface area contributed by atoms with E-state index in [2.05, 4.69) is 33.0 Å². The first kappa shape index (κ1) is 37.1. The van der Waals surface area contributed by atoms with Crippen LogP contribution in [0, 0.1) is 38.9 Å². The first-order valence-electron chi connectivity index (χ1n) is 1.92. The summed E-state index contributed by atoms with van der Waals surface area (Å²) in [4.78, 5) is 0. The molecular formula is C7HF3FeO4. The van der Waals surface area contributed by atoms with Crippen LogP contribution in [0.2, 0.25) is 0 Å². The van der Waals surface area contributed by atoms with E-state index >= 15 is 0 Å². The second-order valence-electron chi connectivity index (χ2n) is 0.642. The summed E-state index contributed by atoms with van der Waals surface area (Å²) in [5, 5.41) is 0. The molecule has 0 N–H and O–H groups in total. The minimum atomic E-state index is -4.43. The van der Waals surface area contributed by atoms with Gasteiger partial charge in [0.2, 0.25) is 0 Å². The largest absolute Gasteiger partial charge is 0 e. The fourth-order valence-corrected chi connectivity index (χ4v) is 0. The molecule has 0 amide bonds. The fourth-order valence-electron chi connectivity index (χ4n) is 0. The number of alkyl halides is 3. The normalized spacial score (nSPS) is 4.67. The molecule has 0 aliphatic rings. The Morgan fingerprint density at radius 2 is 0.867 bits per heavy atom. The molecule has 0 aliphatic heterocycles. The minimum absolute atomic E-state index is 0. The van der Waals surface area contributed by atoms with Gasteiger partial charge in [0.05, 0.1) is 0 Å². The Labute approximate surface area is 94.6 Å². The molecule has 0 rings (SSSR count). The van der Waals surface area contributed by atoms with Crippen molar-refractivity contribution < 1.29 is 48.8 Å². The molecule has 4 nitrogen and oxygen atoms in total. The number of hydrogen-bond acceptors (Lipinski definition) is 0. The van der Waals surface area contributed by atoms with Crippen LogP contribution in [0.15, 0.2) is 0 Å².